The molecule has 0 radical (unpaired) electrons. The molecule has 0 aromatic carbocycles. The van der Waals surface area contributed by atoms with Crippen LogP contribution in [0.2, 0.25) is 0 Å². The monoisotopic (exact) mass is 141 g/mol. The summed E-state index contributed by atoms with van der Waals surface area (Å²) in [5.74, 6) is 0. The molecular formula is C7H13N2O+. The first-order valence-electron chi connectivity index (χ1n) is 3.48. The molecule has 1 aliphatic heterocycles. The van der Waals surface area contributed by atoms with Crippen molar-refractivity contribution >= 4 is 11.9 Å². The third-order valence-corrected chi connectivity index (χ3v) is 1.41. The van der Waals surface area contributed by atoms with E-state index >= 15 is 0 Å². The lowest BCUT2D eigenvalue weighted by molar-refractivity contribution is -0.519. The van der Waals surface area contributed by atoms with Crippen LogP contribution >= 0.6 is 0 Å². The molecule has 56 valence electrons. The lowest BCUT2D eigenvalue weighted by atomic mass is 10.4. The second kappa shape index (κ2) is 3.46. The molecule has 1 N–H and O–H groups in total. The molecule has 0 aliphatic carbocycles. The molecule has 0 aromatic heterocycles. The predicted molar refractivity (Wildman–Crippen MR) is 40.3 cm³/mol. The van der Waals surface area contributed by atoms with Gasteiger partial charge in [-0.3, -0.25) is 0 Å². The molecular weight excluding hydrogens is 128 g/mol. The van der Waals surface area contributed by atoms with Crippen LogP contribution in [-0.2, 0) is 4.74 Å². The summed E-state index contributed by atoms with van der Waals surface area (Å²) in [5, 5.41) is 7.23. The van der Waals surface area contributed by atoms with Crippen molar-refractivity contribution in [2.24, 2.45) is 0 Å². The van der Waals surface area contributed by atoms with E-state index < -0.39 is 0 Å². The summed E-state index contributed by atoms with van der Waals surface area (Å²) in [6.07, 6.45) is 2.00. The van der Waals surface area contributed by atoms with E-state index in [1.165, 1.54) is 0 Å². The number of hydrogen-bond donors (Lipinski definition) is 1. The normalized spacial score (nSPS) is 18.3. The fourth-order valence-electron chi connectivity index (χ4n) is 0.963. The summed E-state index contributed by atoms with van der Waals surface area (Å²) < 4.78 is 7.23. The molecule has 0 unspecified atom stereocenters. The average molecular weight is 141 g/mol. The summed E-state index contributed by atoms with van der Waals surface area (Å²) >= 11 is 0. The first-order chi connectivity index (χ1) is 4.79. The number of rotatable bonds is 2. The summed E-state index contributed by atoms with van der Waals surface area (Å²) in [4.78, 5) is 0. The van der Waals surface area contributed by atoms with E-state index in [4.69, 9.17) is 10.1 Å². The van der Waals surface area contributed by atoms with Crippen LogP contribution in [0.15, 0.2) is 0 Å². The van der Waals surface area contributed by atoms with Crippen LogP contribution in [0, 0.1) is 5.41 Å². The third-order valence-electron chi connectivity index (χ3n) is 1.41. The minimum atomic E-state index is 0.702. The zero-order valence-corrected chi connectivity index (χ0v) is 6.26. The Labute approximate surface area is 60.8 Å². The van der Waals surface area contributed by atoms with E-state index in [-0.39, 0.29) is 0 Å². The smallest absolute Gasteiger partial charge is 0.180 e. The van der Waals surface area contributed by atoms with Gasteiger partial charge in [-0.25, -0.2) is 4.58 Å². The van der Waals surface area contributed by atoms with Gasteiger partial charge < -0.3 is 10.1 Å². The summed E-state index contributed by atoms with van der Waals surface area (Å²) in [6, 6.07) is 0. The highest BCUT2D eigenvalue weighted by molar-refractivity contribution is 5.79. The van der Waals surface area contributed by atoms with Gasteiger partial charge in [0.25, 0.3) is 0 Å². The molecule has 1 aliphatic rings. The Kier molecular flexibility index (Phi) is 2.57. The number of ether oxygens (including phenoxy) is 1. The van der Waals surface area contributed by atoms with Gasteiger partial charge in [0.1, 0.15) is 13.2 Å². The maximum absolute atomic E-state index is 7.23. The topological polar surface area (TPSA) is 36.1 Å². The van der Waals surface area contributed by atoms with Gasteiger partial charge in [-0.05, 0) is 6.92 Å². The van der Waals surface area contributed by atoms with E-state index in [1.807, 2.05) is 13.1 Å². The van der Waals surface area contributed by atoms with Gasteiger partial charge in [-0.1, -0.05) is 0 Å². The van der Waals surface area contributed by atoms with Crippen LogP contribution in [0.25, 0.3) is 0 Å². The zero-order valence-electron chi connectivity index (χ0n) is 6.26. The minimum absolute atomic E-state index is 0.702. The SMILES string of the molecule is CC(=N)C[N+]1=CCOCC1. The van der Waals surface area contributed by atoms with Crippen LogP contribution < -0.4 is 0 Å². The van der Waals surface area contributed by atoms with Crippen LogP contribution in [0.5, 0.6) is 0 Å². The summed E-state index contributed by atoms with van der Waals surface area (Å²) in [7, 11) is 0. The Morgan fingerprint density at radius 1 is 1.80 bits per heavy atom. The van der Waals surface area contributed by atoms with E-state index in [0.29, 0.717) is 12.3 Å². The van der Waals surface area contributed by atoms with Crippen molar-refractivity contribution in [2.45, 2.75) is 6.92 Å². The minimum Gasteiger partial charge on any atom is -0.365 e. The molecule has 1 rings (SSSR count). The van der Waals surface area contributed by atoms with Gasteiger partial charge in [0.05, 0.1) is 5.71 Å². The van der Waals surface area contributed by atoms with Crippen molar-refractivity contribution in [3.63, 3.8) is 0 Å². The highest BCUT2D eigenvalue weighted by Crippen LogP contribution is 1.85. The quantitative estimate of drug-likeness (QED) is 0.431. The van der Waals surface area contributed by atoms with E-state index in [0.717, 1.165) is 19.7 Å². The first-order valence-corrected chi connectivity index (χ1v) is 3.48. The van der Waals surface area contributed by atoms with Crippen molar-refractivity contribution in [1.82, 2.24) is 0 Å². The van der Waals surface area contributed by atoms with Gasteiger partial charge >= 0.3 is 0 Å². The molecule has 0 fully saturated rings. The van der Waals surface area contributed by atoms with Gasteiger partial charge in [-0.15, -0.1) is 0 Å². The second-order valence-electron chi connectivity index (χ2n) is 2.51. The van der Waals surface area contributed by atoms with Gasteiger partial charge in [0, 0.05) is 0 Å². The maximum Gasteiger partial charge on any atom is 0.180 e. The van der Waals surface area contributed by atoms with Crippen molar-refractivity contribution in [3.05, 3.63) is 0 Å². The summed E-state index contributed by atoms with van der Waals surface area (Å²) in [5.41, 5.74) is 0.707. The molecule has 0 saturated heterocycles. The van der Waals surface area contributed by atoms with Gasteiger partial charge in [-0.2, -0.15) is 0 Å². The van der Waals surface area contributed by atoms with Crippen molar-refractivity contribution in [3.8, 4) is 0 Å². The molecule has 0 amide bonds. The number of hydrogen-bond acceptors (Lipinski definition) is 2. The Morgan fingerprint density at radius 2 is 2.60 bits per heavy atom. The average Bonchev–Trinajstić information content (AvgIpc) is 1.88. The maximum atomic E-state index is 7.23. The van der Waals surface area contributed by atoms with Crippen LogP contribution in [0.4, 0.5) is 0 Å². The highest BCUT2D eigenvalue weighted by atomic mass is 16.5. The van der Waals surface area contributed by atoms with E-state index in [2.05, 4.69) is 4.58 Å². The van der Waals surface area contributed by atoms with Crippen molar-refractivity contribution < 1.29 is 9.31 Å². The predicted octanol–water partition coefficient (Wildman–Crippen LogP) is 0.140. The van der Waals surface area contributed by atoms with Gasteiger partial charge in [0.2, 0.25) is 0 Å². The Bertz CT molecular complexity index is 163. The fraction of sp³-hybridized carbons (Fsp3) is 0.714. The number of nitrogens with zero attached hydrogens (tertiary/aromatic N) is 1. The molecule has 3 heteroatoms. The largest absolute Gasteiger partial charge is 0.365 e. The van der Waals surface area contributed by atoms with Crippen LogP contribution in [-0.4, -0.2) is 42.8 Å². The Morgan fingerprint density at radius 3 is 3.10 bits per heavy atom. The molecule has 0 spiro atoms. The third kappa shape index (κ3) is 2.27. The van der Waals surface area contributed by atoms with Crippen molar-refractivity contribution in [1.29, 1.82) is 5.41 Å². The molecule has 0 saturated carbocycles. The molecule has 0 bridgehead atoms. The molecule has 0 atom stereocenters. The standard InChI is InChI=1S/C7H13N2O/c1-7(8)6-9-2-4-10-5-3-9/h2,8H,3-6H2,1H3/q+1. The lowest BCUT2D eigenvalue weighted by Gasteiger charge is -2.07. The number of nitrogens with one attached hydrogen (secondary N) is 1. The van der Waals surface area contributed by atoms with Crippen molar-refractivity contribution in [2.75, 3.05) is 26.3 Å². The Hall–Kier alpha value is -0.700. The Balaban J connectivity index is 2.38. The van der Waals surface area contributed by atoms with E-state index in [9.17, 15) is 0 Å². The highest BCUT2D eigenvalue weighted by Gasteiger charge is 2.08. The lowest BCUT2D eigenvalue weighted by Crippen LogP contribution is -2.29. The fourth-order valence-corrected chi connectivity index (χ4v) is 0.963. The van der Waals surface area contributed by atoms with E-state index in [1.54, 1.807) is 0 Å². The van der Waals surface area contributed by atoms with Gasteiger partial charge in [0.15, 0.2) is 19.3 Å². The molecule has 3 nitrogen and oxygen atoms in total. The zero-order chi connectivity index (χ0) is 7.40. The van der Waals surface area contributed by atoms with Crippen LogP contribution in [0.1, 0.15) is 6.92 Å². The van der Waals surface area contributed by atoms with Crippen LogP contribution in [0.3, 0.4) is 0 Å². The first kappa shape index (κ1) is 7.41. The molecule has 0 aromatic rings. The molecule has 1 heterocycles. The molecule has 10 heavy (non-hydrogen) atoms. The summed E-state index contributed by atoms with van der Waals surface area (Å²) in [6.45, 7) is 5.00. The second-order valence-corrected chi connectivity index (χ2v) is 2.51.